The summed E-state index contributed by atoms with van der Waals surface area (Å²) in [6, 6.07) is 6.40. The van der Waals surface area contributed by atoms with Gasteiger partial charge < -0.3 is 10.2 Å². The van der Waals surface area contributed by atoms with Gasteiger partial charge in [0.1, 0.15) is 0 Å². The molecule has 1 saturated heterocycles. The average Bonchev–Trinajstić information content (AvgIpc) is 2.47. The van der Waals surface area contributed by atoms with Crippen LogP contribution in [0, 0.1) is 6.92 Å². The van der Waals surface area contributed by atoms with Crippen LogP contribution in [0.2, 0.25) is 0 Å². The van der Waals surface area contributed by atoms with Gasteiger partial charge in [0, 0.05) is 12.2 Å². The summed E-state index contributed by atoms with van der Waals surface area (Å²) in [6.45, 7) is 3.96. The summed E-state index contributed by atoms with van der Waals surface area (Å²) in [4.78, 5) is 14.8. The minimum absolute atomic E-state index is 0.0271. The number of rotatable bonds is 1. The Kier molecular flexibility index (Phi) is 3.56. The average molecular weight is 258 g/mol. The van der Waals surface area contributed by atoms with Gasteiger partial charge in [-0.1, -0.05) is 24.6 Å². The summed E-state index contributed by atoms with van der Waals surface area (Å²) in [6.07, 6.45) is 5.52. The third kappa shape index (κ3) is 2.39. The van der Waals surface area contributed by atoms with Crippen molar-refractivity contribution in [3.05, 3.63) is 29.3 Å². The summed E-state index contributed by atoms with van der Waals surface area (Å²) in [5.41, 5.74) is 3.72. The second-order valence-corrected chi connectivity index (χ2v) is 5.68. The molecule has 0 unspecified atom stereocenters. The van der Waals surface area contributed by atoms with Gasteiger partial charge >= 0.3 is 0 Å². The standard InChI is InChI=1S/C16H22N2O/c1-12-6-4-7-13-8-5-11-18(15(12)13)16(19)14-9-2-3-10-17-14/h4,6-7,14,17H,2-3,5,8-11H2,1H3/t14-/m1/s1. The maximum Gasteiger partial charge on any atom is 0.244 e. The van der Waals surface area contributed by atoms with Crippen LogP contribution in [0.3, 0.4) is 0 Å². The van der Waals surface area contributed by atoms with Gasteiger partial charge in [-0.05, 0) is 50.3 Å². The van der Waals surface area contributed by atoms with Gasteiger partial charge in [0.25, 0.3) is 0 Å². The summed E-state index contributed by atoms with van der Waals surface area (Å²) in [5.74, 6) is 0.273. The first-order valence-electron chi connectivity index (χ1n) is 7.40. The Bertz CT molecular complexity index is 478. The van der Waals surface area contributed by atoms with Gasteiger partial charge in [-0.3, -0.25) is 4.79 Å². The summed E-state index contributed by atoms with van der Waals surface area (Å²) >= 11 is 0. The van der Waals surface area contributed by atoms with Crippen molar-refractivity contribution in [2.45, 2.75) is 45.1 Å². The predicted molar refractivity (Wildman–Crippen MR) is 77.5 cm³/mol. The molecular formula is C16H22N2O. The molecule has 1 aromatic rings. The van der Waals surface area contributed by atoms with Gasteiger partial charge in [0.05, 0.1) is 6.04 Å². The van der Waals surface area contributed by atoms with E-state index in [-0.39, 0.29) is 11.9 Å². The van der Waals surface area contributed by atoms with Crippen LogP contribution in [0.1, 0.15) is 36.8 Å². The Hall–Kier alpha value is -1.35. The molecule has 2 aliphatic heterocycles. The molecule has 0 aliphatic carbocycles. The molecule has 3 heteroatoms. The molecule has 0 radical (unpaired) electrons. The molecule has 1 N–H and O–H groups in total. The summed E-state index contributed by atoms with van der Waals surface area (Å²) < 4.78 is 0. The highest BCUT2D eigenvalue weighted by Gasteiger charge is 2.30. The van der Waals surface area contributed by atoms with Gasteiger partial charge in [-0.15, -0.1) is 0 Å². The molecule has 0 saturated carbocycles. The van der Waals surface area contributed by atoms with E-state index in [2.05, 4.69) is 30.4 Å². The van der Waals surface area contributed by atoms with Gasteiger partial charge in [0.15, 0.2) is 0 Å². The molecule has 0 aromatic heterocycles. The Morgan fingerprint density at radius 2 is 2.21 bits per heavy atom. The van der Waals surface area contributed by atoms with E-state index in [4.69, 9.17) is 0 Å². The van der Waals surface area contributed by atoms with Gasteiger partial charge in [-0.2, -0.15) is 0 Å². The Labute approximate surface area is 115 Å². The lowest BCUT2D eigenvalue weighted by molar-refractivity contribution is -0.121. The van der Waals surface area contributed by atoms with Crippen LogP contribution in [-0.2, 0) is 11.2 Å². The minimum atomic E-state index is 0.0271. The molecule has 3 nitrogen and oxygen atoms in total. The minimum Gasteiger partial charge on any atom is -0.311 e. The number of aryl methyl sites for hydroxylation is 2. The van der Waals surface area contributed by atoms with E-state index in [0.29, 0.717) is 0 Å². The molecule has 0 bridgehead atoms. The van der Waals surface area contributed by atoms with Crippen LogP contribution < -0.4 is 10.2 Å². The van der Waals surface area contributed by atoms with Crippen LogP contribution in [-0.4, -0.2) is 25.0 Å². The zero-order valence-corrected chi connectivity index (χ0v) is 11.6. The fourth-order valence-electron chi connectivity index (χ4n) is 3.32. The highest BCUT2D eigenvalue weighted by atomic mass is 16.2. The molecule has 1 aromatic carbocycles. The van der Waals surface area contributed by atoms with Crippen molar-refractivity contribution in [1.29, 1.82) is 0 Å². The quantitative estimate of drug-likeness (QED) is 0.839. The number of amides is 1. The number of nitrogens with one attached hydrogen (secondary N) is 1. The third-order valence-corrected chi connectivity index (χ3v) is 4.29. The number of anilines is 1. The van der Waals surface area contributed by atoms with Crippen molar-refractivity contribution < 1.29 is 4.79 Å². The van der Waals surface area contributed by atoms with Crippen LogP contribution in [0.4, 0.5) is 5.69 Å². The van der Waals surface area contributed by atoms with Crippen LogP contribution >= 0.6 is 0 Å². The maximum absolute atomic E-state index is 12.7. The molecule has 2 heterocycles. The zero-order valence-electron chi connectivity index (χ0n) is 11.6. The van der Waals surface area contributed by atoms with Crippen molar-refractivity contribution >= 4 is 11.6 Å². The van der Waals surface area contributed by atoms with Crippen LogP contribution in [0.25, 0.3) is 0 Å². The number of piperidine rings is 1. The van der Waals surface area contributed by atoms with E-state index in [0.717, 1.165) is 38.8 Å². The fraction of sp³-hybridized carbons (Fsp3) is 0.562. The highest BCUT2D eigenvalue weighted by Crippen LogP contribution is 2.31. The zero-order chi connectivity index (χ0) is 13.2. The van der Waals surface area contributed by atoms with Crippen molar-refractivity contribution in [3.63, 3.8) is 0 Å². The largest absolute Gasteiger partial charge is 0.311 e. The van der Waals surface area contributed by atoms with Crippen LogP contribution in [0.15, 0.2) is 18.2 Å². The van der Waals surface area contributed by atoms with E-state index < -0.39 is 0 Å². The Morgan fingerprint density at radius 3 is 3.00 bits per heavy atom. The van der Waals surface area contributed by atoms with E-state index in [1.807, 2.05) is 4.90 Å². The normalized spacial score (nSPS) is 23.0. The molecule has 1 fully saturated rings. The lowest BCUT2D eigenvalue weighted by atomic mass is 9.96. The second-order valence-electron chi connectivity index (χ2n) is 5.68. The van der Waals surface area contributed by atoms with Crippen molar-refractivity contribution in [2.75, 3.05) is 18.0 Å². The smallest absolute Gasteiger partial charge is 0.244 e. The number of hydrogen-bond donors (Lipinski definition) is 1. The predicted octanol–water partition coefficient (Wildman–Crippen LogP) is 2.42. The Balaban J connectivity index is 1.88. The SMILES string of the molecule is Cc1cccc2c1N(C(=O)[C@H]1CCCCN1)CCC2. The third-order valence-electron chi connectivity index (χ3n) is 4.29. The number of nitrogens with zero attached hydrogens (tertiary/aromatic N) is 1. The number of carbonyl (C=O) groups excluding carboxylic acids is 1. The summed E-state index contributed by atoms with van der Waals surface area (Å²) in [5, 5.41) is 3.38. The molecule has 3 rings (SSSR count). The van der Waals surface area contributed by atoms with Gasteiger partial charge in [0.2, 0.25) is 5.91 Å². The fourth-order valence-corrected chi connectivity index (χ4v) is 3.32. The monoisotopic (exact) mass is 258 g/mol. The maximum atomic E-state index is 12.7. The second kappa shape index (κ2) is 5.33. The van der Waals surface area contributed by atoms with Crippen molar-refractivity contribution in [3.8, 4) is 0 Å². The number of fused-ring (bicyclic) bond motifs is 1. The van der Waals surface area contributed by atoms with E-state index >= 15 is 0 Å². The molecule has 0 spiro atoms. The number of benzene rings is 1. The Morgan fingerprint density at radius 1 is 1.32 bits per heavy atom. The van der Waals surface area contributed by atoms with E-state index in [1.54, 1.807) is 0 Å². The first kappa shape index (κ1) is 12.7. The van der Waals surface area contributed by atoms with Crippen molar-refractivity contribution in [2.24, 2.45) is 0 Å². The lowest BCUT2D eigenvalue weighted by Crippen LogP contribution is -2.50. The summed E-state index contributed by atoms with van der Waals surface area (Å²) in [7, 11) is 0. The number of hydrogen-bond acceptors (Lipinski definition) is 2. The topological polar surface area (TPSA) is 32.3 Å². The highest BCUT2D eigenvalue weighted by molar-refractivity contribution is 5.99. The number of carbonyl (C=O) groups is 1. The molecule has 102 valence electrons. The van der Waals surface area contributed by atoms with E-state index in [1.165, 1.54) is 23.2 Å². The molecule has 1 atom stereocenters. The van der Waals surface area contributed by atoms with Crippen LogP contribution in [0.5, 0.6) is 0 Å². The first-order chi connectivity index (χ1) is 9.27. The molecular weight excluding hydrogens is 236 g/mol. The van der Waals surface area contributed by atoms with Crippen molar-refractivity contribution in [1.82, 2.24) is 5.32 Å². The lowest BCUT2D eigenvalue weighted by Gasteiger charge is -2.35. The molecule has 1 amide bonds. The molecule has 19 heavy (non-hydrogen) atoms. The number of para-hydroxylation sites is 1. The van der Waals surface area contributed by atoms with Gasteiger partial charge in [-0.25, -0.2) is 0 Å². The molecule has 2 aliphatic rings. The van der Waals surface area contributed by atoms with E-state index in [9.17, 15) is 4.79 Å². The first-order valence-corrected chi connectivity index (χ1v) is 7.40.